The molecule has 1 N–H and O–H groups in total. The summed E-state index contributed by atoms with van der Waals surface area (Å²) in [6, 6.07) is 2.06. The van der Waals surface area contributed by atoms with Gasteiger partial charge in [-0.05, 0) is 25.2 Å². The first-order chi connectivity index (χ1) is 8.29. The van der Waals surface area contributed by atoms with Crippen LogP contribution in [-0.2, 0) is 0 Å². The largest absolute Gasteiger partial charge is 0.370 e. The van der Waals surface area contributed by atoms with Crippen molar-refractivity contribution in [3.63, 3.8) is 0 Å². The molecule has 0 amide bonds. The summed E-state index contributed by atoms with van der Waals surface area (Å²) < 4.78 is 0. The molecule has 1 aromatic rings. The average molecular weight is 234 g/mol. The van der Waals surface area contributed by atoms with Gasteiger partial charge in [-0.2, -0.15) is 0 Å². The Morgan fingerprint density at radius 1 is 1.47 bits per heavy atom. The number of anilines is 2. The Labute approximate surface area is 103 Å². The zero-order valence-corrected chi connectivity index (χ0v) is 10.8. The quantitative estimate of drug-likeness (QED) is 0.869. The average Bonchev–Trinajstić information content (AvgIpc) is 2.37. The topological polar surface area (TPSA) is 41.0 Å². The number of rotatable bonds is 4. The second-order valence-electron chi connectivity index (χ2n) is 4.88. The highest BCUT2D eigenvalue weighted by Gasteiger charge is 2.17. The Balaban J connectivity index is 2.04. The smallest absolute Gasteiger partial charge is 0.134 e. The Hall–Kier alpha value is -1.32. The third kappa shape index (κ3) is 3.32. The number of hydrogen-bond donors (Lipinski definition) is 1. The first-order valence-corrected chi connectivity index (χ1v) is 6.60. The maximum Gasteiger partial charge on any atom is 0.134 e. The lowest BCUT2D eigenvalue weighted by Crippen LogP contribution is -2.34. The predicted molar refractivity (Wildman–Crippen MR) is 71.4 cm³/mol. The van der Waals surface area contributed by atoms with Crippen molar-refractivity contribution in [2.45, 2.75) is 33.1 Å². The Morgan fingerprint density at radius 3 is 3.12 bits per heavy atom. The summed E-state index contributed by atoms with van der Waals surface area (Å²) in [6.45, 7) is 7.66. The lowest BCUT2D eigenvalue weighted by Gasteiger charge is -2.31. The highest BCUT2D eigenvalue weighted by molar-refractivity contribution is 5.48. The zero-order valence-electron chi connectivity index (χ0n) is 10.8. The van der Waals surface area contributed by atoms with Gasteiger partial charge in [-0.1, -0.05) is 13.8 Å². The van der Waals surface area contributed by atoms with Crippen LogP contribution in [0.4, 0.5) is 11.6 Å². The maximum atomic E-state index is 4.38. The van der Waals surface area contributed by atoms with Crippen molar-refractivity contribution in [1.29, 1.82) is 0 Å². The van der Waals surface area contributed by atoms with E-state index in [1.54, 1.807) is 6.33 Å². The first-order valence-electron chi connectivity index (χ1n) is 6.60. The van der Waals surface area contributed by atoms with Crippen molar-refractivity contribution in [1.82, 2.24) is 9.97 Å². The van der Waals surface area contributed by atoms with E-state index in [1.807, 2.05) is 0 Å². The van der Waals surface area contributed by atoms with Crippen LogP contribution in [0.1, 0.15) is 33.1 Å². The Kier molecular flexibility index (Phi) is 4.18. The maximum absolute atomic E-state index is 4.38. The van der Waals surface area contributed by atoms with E-state index in [4.69, 9.17) is 0 Å². The monoisotopic (exact) mass is 234 g/mol. The van der Waals surface area contributed by atoms with Gasteiger partial charge in [0.1, 0.15) is 18.0 Å². The van der Waals surface area contributed by atoms with Gasteiger partial charge in [0.15, 0.2) is 0 Å². The predicted octanol–water partition coefficient (Wildman–Crippen LogP) is 2.53. The molecule has 1 saturated heterocycles. The van der Waals surface area contributed by atoms with Gasteiger partial charge < -0.3 is 10.2 Å². The second kappa shape index (κ2) is 5.84. The van der Waals surface area contributed by atoms with Gasteiger partial charge >= 0.3 is 0 Å². The summed E-state index contributed by atoms with van der Waals surface area (Å²) in [5, 5.41) is 3.31. The second-order valence-corrected chi connectivity index (χ2v) is 4.88. The molecule has 0 aliphatic carbocycles. The summed E-state index contributed by atoms with van der Waals surface area (Å²) in [4.78, 5) is 11.0. The molecule has 0 aromatic carbocycles. The van der Waals surface area contributed by atoms with Crippen molar-refractivity contribution in [2.75, 3.05) is 29.9 Å². The first kappa shape index (κ1) is 12.1. The summed E-state index contributed by atoms with van der Waals surface area (Å²) in [5.74, 6) is 2.77. The van der Waals surface area contributed by atoms with E-state index in [0.717, 1.165) is 43.6 Å². The van der Waals surface area contributed by atoms with Gasteiger partial charge in [0.2, 0.25) is 0 Å². The summed E-state index contributed by atoms with van der Waals surface area (Å²) in [7, 11) is 0. The van der Waals surface area contributed by atoms with E-state index >= 15 is 0 Å². The fraction of sp³-hybridized carbons (Fsp3) is 0.692. The van der Waals surface area contributed by atoms with Crippen molar-refractivity contribution < 1.29 is 0 Å². The molecule has 4 nitrogen and oxygen atoms in total. The summed E-state index contributed by atoms with van der Waals surface area (Å²) in [6.07, 6.45) is 5.37. The molecule has 0 spiro atoms. The molecule has 0 radical (unpaired) electrons. The SMILES string of the molecule is CCCNc1cc(N2CCCC(C)C2)ncn1. The molecule has 2 rings (SSSR count). The molecule has 1 aliphatic rings. The number of piperidine rings is 1. The van der Waals surface area contributed by atoms with Crippen molar-refractivity contribution >= 4 is 11.6 Å². The van der Waals surface area contributed by atoms with E-state index in [1.165, 1.54) is 12.8 Å². The van der Waals surface area contributed by atoms with Crippen molar-refractivity contribution in [3.05, 3.63) is 12.4 Å². The standard InChI is InChI=1S/C13H22N4/c1-3-6-14-12-8-13(16-10-15-12)17-7-4-5-11(2)9-17/h8,10-11H,3-7,9H2,1-2H3,(H,14,15,16). The minimum Gasteiger partial charge on any atom is -0.370 e. The molecular weight excluding hydrogens is 212 g/mol. The van der Waals surface area contributed by atoms with Crippen LogP contribution in [0.3, 0.4) is 0 Å². The minimum absolute atomic E-state index is 0.769. The fourth-order valence-electron chi connectivity index (χ4n) is 2.27. The number of aromatic nitrogens is 2. The van der Waals surface area contributed by atoms with Crippen LogP contribution in [0.5, 0.6) is 0 Å². The van der Waals surface area contributed by atoms with Crippen LogP contribution in [-0.4, -0.2) is 29.6 Å². The van der Waals surface area contributed by atoms with Crippen molar-refractivity contribution in [2.24, 2.45) is 5.92 Å². The van der Waals surface area contributed by atoms with Crippen LogP contribution >= 0.6 is 0 Å². The molecule has 1 atom stereocenters. The van der Waals surface area contributed by atoms with E-state index in [-0.39, 0.29) is 0 Å². The Morgan fingerprint density at radius 2 is 2.35 bits per heavy atom. The highest BCUT2D eigenvalue weighted by atomic mass is 15.2. The molecule has 4 heteroatoms. The highest BCUT2D eigenvalue weighted by Crippen LogP contribution is 2.22. The summed E-state index contributed by atoms with van der Waals surface area (Å²) >= 11 is 0. The van der Waals surface area contributed by atoms with Crippen LogP contribution < -0.4 is 10.2 Å². The zero-order chi connectivity index (χ0) is 12.1. The lowest BCUT2D eigenvalue weighted by molar-refractivity contribution is 0.444. The van der Waals surface area contributed by atoms with E-state index in [2.05, 4.69) is 40.1 Å². The number of hydrogen-bond acceptors (Lipinski definition) is 4. The van der Waals surface area contributed by atoms with Gasteiger partial charge in [-0.25, -0.2) is 9.97 Å². The number of nitrogens with one attached hydrogen (secondary N) is 1. The third-order valence-electron chi connectivity index (χ3n) is 3.19. The fourth-order valence-corrected chi connectivity index (χ4v) is 2.27. The summed E-state index contributed by atoms with van der Waals surface area (Å²) in [5.41, 5.74) is 0. The van der Waals surface area contributed by atoms with E-state index in [0.29, 0.717) is 0 Å². The van der Waals surface area contributed by atoms with Gasteiger partial charge in [-0.3, -0.25) is 0 Å². The van der Waals surface area contributed by atoms with Crippen LogP contribution in [0, 0.1) is 5.92 Å². The Bertz CT molecular complexity index is 353. The van der Waals surface area contributed by atoms with Crippen LogP contribution in [0.15, 0.2) is 12.4 Å². The molecule has 17 heavy (non-hydrogen) atoms. The van der Waals surface area contributed by atoms with E-state index in [9.17, 15) is 0 Å². The van der Waals surface area contributed by atoms with Gasteiger partial charge in [0, 0.05) is 25.7 Å². The molecular formula is C13H22N4. The van der Waals surface area contributed by atoms with Crippen LogP contribution in [0.2, 0.25) is 0 Å². The molecule has 0 bridgehead atoms. The van der Waals surface area contributed by atoms with Gasteiger partial charge in [0.25, 0.3) is 0 Å². The molecule has 2 heterocycles. The van der Waals surface area contributed by atoms with Crippen LogP contribution in [0.25, 0.3) is 0 Å². The molecule has 94 valence electrons. The normalized spacial score (nSPS) is 20.4. The molecule has 1 aliphatic heterocycles. The van der Waals surface area contributed by atoms with Crippen molar-refractivity contribution in [3.8, 4) is 0 Å². The van der Waals surface area contributed by atoms with Gasteiger partial charge in [-0.15, -0.1) is 0 Å². The molecule has 0 saturated carbocycles. The lowest BCUT2D eigenvalue weighted by atomic mass is 10.0. The molecule has 1 fully saturated rings. The van der Waals surface area contributed by atoms with Gasteiger partial charge in [0.05, 0.1) is 0 Å². The number of nitrogens with zero attached hydrogens (tertiary/aromatic N) is 3. The third-order valence-corrected chi connectivity index (χ3v) is 3.19. The van der Waals surface area contributed by atoms with E-state index < -0.39 is 0 Å². The molecule has 1 aromatic heterocycles. The molecule has 1 unspecified atom stereocenters. The minimum atomic E-state index is 0.769.